The van der Waals surface area contributed by atoms with Crippen molar-refractivity contribution in [2.24, 2.45) is 0 Å². The molecule has 1 aliphatic heterocycles. The molecule has 0 saturated carbocycles. The molecule has 5 N–H and O–H groups in total. The Labute approximate surface area is 244 Å². The summed E-state index contributed by atoms with van der Waals surface area (Å²) in [6.07, 6.45) is -4.83. The highest BCUT2D eigenvalue weighted by atomic mass is 16.7. The number of benzene rings is 3. The molecule has 12 nitrogen and oxygen atoms in total. The Morgan fingerprint density at radius 2 is 1.63 bits per heavy atom. The van der Waals surface area contributed by atoms with Crippen molar-refractivity contribution >= 4 is 23.0 Å². The second kappa shape index (κ2) is 12.1. The first-order valence-corrected chi connectivity index (χ1v) is 13.1. The zero-order valence-corrected chi connectivity index (χ0v) is 22.9. The maximum Gasteiger partial charge on any atom is 0.331 e. The number of aromatic hydroxyl groups is 3. The Bertz CT molecular complexity index is 1710. The molecule has 224 valence electrons. The number of aliphatic hydroxyl groups is 2. The lowest BCUT2D eigenvalue weighted by atomic mass is 9.99. The number of rotatable bonds is 7. The number of aliphatic hydroxyl groups excluding tert-OH is 2. The molecule has 0 unspecified atom stereocenters. The number of carbonyl (C=O) groups excluding carboxylic acids is 1. The monoisotopic (exact) mass is 592 g/mol. The SMILES string of the molecule is COc1ccc(-c2oc3cc(O)cc(O)c3c(=O)c2O[C@@H]2O[C@@H](C)[C@H](OC(=O)/C=C/c3ccc(O)cc3)[C@@H](O)[C@H]2O)cc1. The molecule has 5 rings (SSSR count). The minimum atomic E-state index is -1.79. The summed E-state index contributed by atoms with van der Waals surface area (Å²) in [5.74, 6) is -1.72. The van der Waals surface area contributed by atoms with Crippen LogP contribution < -0.4 is 14.9 Å². The van der Waals surface area contributed by atoms with Gasteiger partial charge in [0.25, 0.3) is 0 Å². The van der Waals surface area contributed by atoms with Crippen LogP contribution in [0.4, 0.5) is 0 Å². The molecule has 12 heteroatoms. The normalized spacial score (nSPS) is 22.0. The van der Waals surface area contributed by atoms with Crippen molar-refractivity contribution in [2.45, 2.75) is 37.6 Å². The summed E-state index contributed by atoms with van der Waals surface area (Å²) in [7, 11) is 1.48. The number of hydrogen-bond donors (Lipinski definition) is 5. The Morgan fingerprint density at radius 1 is 0.930 bits per heavy atom. The number of fused-ring (bicyclic) bond motifs is 1. The maximum absolute atomic E-state index is 13.6. The van der Waals surface area contributed by atoms with Gasteiger partial charge >= 0.3 is 5.97 Å². The summed E-state index contributed by atoms with van der Waals surface area (Å²) in [5, 5.41) is 51.2. The fourth-order valence-corrected chi connectivity index (χ4v) is 4.61. The van der Waals surface area contributed by atoms with Crippen molar-refractivity contribution in [1.82, 2.24) is 0 Å². The van der Waals surface area contributed by atoms with Gasteiger partial charge in [-0.1, -0.05) is 12.1 Å². The lowest BCUT2D eigenvalue weighted by molar-refractivity contribution is -0.271. The van der Waals surface area contributed by atoms with Crippen molar-refractivity contribution in [3.8, 4) is 40.1 Å². The zero-order chi connectivity index (χ0) is 30.8. The molecule has 3 aromatic carbocycles. The smallest absolute Gasteiger partial charge is 0.331 e. The van der Waals surface area contributed by atoms with E-state index < -0.39 is 53.6 Å². The first-order chi connectivity index (χ1) is 20.5. The van der Waals surface area contributed by atoms with Gasteiger partial charge in [-0.05, 0) is 55.0 Å². The van der Waals surface area contributed by atoms with Crippen LogP contribution in [0.25, 0.3) is 28.4 Å². The van der Waals surface area contributed by atoms with E-state index in [1.54, 1.807) is 36.4 Å². The van der Waals surface area contributed by atoms with Crippen molar-refractivity contribution < 1.29 is 53.7 Å². The molecule has 4 aromatic rings. The molecule has 0 amide bonds. The fraction of sp³-hybridized carbons (Fsp3) is 0.226. The largest absolute Gasteiger partial charge is 0.508 e. The molecule has 1 saturated heterocycles. The molecule has 1 aromatic heterocycles. The summed E-state index contributed by atoms with van der Waals surface area (Å²) in [6, 6.07) is 14.5. The van der Waals surface area contributed by atoms with Gasteiger partial charge in [0.2, 0.25) is 17.5 Å². The van der Waals surface area contributed by atoms with E-state index in [9.17, 15) is 35.1 Å². The number of hydrogen-bond acceptors (Lipinski definition) is 12. The summed E-state index contributed by atoms with van der Waals surface area (Å²) in [6.45, 7) is 1.48. The molecular formula is C31H28O12. The first kappa shape index (κ1) is 29.5. The average Bonchev–Trinajstić information content (AvgIpc) is 2.98. The van der Waals surface area contributed by atoms with E-state index in [4.69, 9.17) is 23.4 Å². The third-order valence-corrected chi connectivity index (χ3v) is 6.84. The number of ether oxygens (including phenoxy) is 4. The van der Waals surface area contributed by atoms with E-state index in [2.05, 4.69) is 0 Å². The van der Waals surface area contributed by atoms with E-state index in [0.29, 0.717) is 16.9 Å². The van der Waals surface area contributed by atoms with Crippen LogP contribution in [0.15, 0.2) is 76.0 Å². The van der Waals surface area contributed by atoms with Crippen LogP contribution in [0.5, 0.6) is 28.7 Å². The highest BCUT2D eigenvalue weighted by Gasteiger charge is 2.46. The second-order valence-corrected chi connectivity index (χ2v) is 9.79. The number of phenols is 3. The predicted molar refractivity (Wildman–Crippen MR) is 152 cm³/mol. The summed E-state index contributed by atoms with van der Waals surface area (Å²) in [5.41, 5.74) is -0.00873. The van der Waals surface area contributed by atoms with Crippen LogP contribution in [-0.4, -0.2) is 69.3 Å². The summed E-state index contributed by atoms with van der Waals surface area (Å²) >= 11 is 0. The van der Waals surface area contributed by atoms with E-state index in [1.165, 1.54) is 32.2 Å². The standard InChI is InChI=1S/C31H28O12/c1-15-28(42-23(35)12-5-16-3-8-18(32)9-4-16)26(37)27(38)31(40-15)43-30-25(36)24-21(34)13-19(33)14-22(24)41-29(30)17-6-10-20(39-2)11-7-17/h3-15,26-28,31-34,37-38H,1-2H3/b12-5+/t15-,26-,27+,28-,31-/m0/s1. The molecule has 0 bridgehead atoms. The number of carbonyl (C=O) groups is 1. The Kier molecular flexibility index (Phi) is 8.26. The molecule has 5 atom stereocenters. The van der Waals surface area contributed by atoms with Crippen LogP contribution in [0, 0.1) is 0 Å². The molecule has 0 aliphatic carbocycles. The summed E-state index contributed by atoms with van der Waals surface area (Å²) < 4.78 is 28.0. The van der Waals surface area contributed by atoms with Crippen molar-refractivity contribution in [2.75, 3.05) is 7.11 Å². The number of methoxy groups -OCH3 is 1. The predicted octanol–water partition coefficient (Wildman–Crippen LogP) is 3.06. The van der Waals surface area contributed by atoms with E-state index in [-0.39, 0.29) is 28.2 Å². The Morgan fingerprint density at radius 3 is 2.30 bits per heavy atom. The maximum atomic E-state index is 13.6. The van der Waals surface area contributed by atoms with Gasteiger partial charge in [0.1, 0.15) is 46.2 Å². The Balaban J connectivity index is 1.42. The molecule has 0 spiro atoms. The average molecular weight is 593 g/mol. The highest BCUT2D eigenvalue weighted by molar-refractivity contribution is 5.88. The first-order valence-electron chi connectivity index (χ1n) is 13.1. The fourth-order valence-electron chi connectivity index (χ4n) is 4.61. The molecule has 1 fully saturated rings. The van der Waals surface area contributed by atoms with Gasteiger partial charge in [0.05, 0.1) is 13.2 Å². The van der Waals surface area contributed by atoms with Crippen LogP contribution in [0.1, 0.15) is 12.5 Å². The van der Waals surface area contributed by atoms with Gasteiger partial charge in [0.15, 0.2) is 11.9 Å². The molecule has 1 aliphatic rings. The van der Waals surface area contributed by atoms with Crippen LogP contribution >= 0.6 is 0 Å². The third kappa shape index (κ3) is 6.11. The van der Waals surface area contributed by atoms with Crippen LogP contribution in [0.2, 0.25) is 0 Å². The van der Waals surface area contributed by atoms with Gasteiger partial charge in [-0.15, -0.1) is 0 Å². The third-order valence-electron chi connectivity index (χ3n) is 6.84. The molecule has 2 heterocycles. The number of esters is 1. The van der Waals surface area contributed by atoms with Gasteiger partial charge in [-0.25, -0.2) is 4.79 Å². The van der Waals surface area contributed by atoms with Crippen molar-refractivity contribution in [3.63, 3.8) is 0 Å². The summed E-state index contributed by atoms with van der Waals surface area (Å²) in [4.78, 5) is 26.0. The van der Waals surface area contributed by atoms with Crippen molar-refractivity contribution in [3.05, 3.63) is 82.5 Å². The van der Waals surface area contributed by atoms with Crippen LogP contribution in [-0.2, 0) is 14.3 Å². The molecule has 0 radical (unpaired) electrons. The highest BCUT2D eigenvalue weighted by Crippen LogP contribution is 2.37. The second-order valence-electron chi connectivity index (χ2n) is 9.79. The van der Waals surface area contributed by atoms with Gasteiger partial charge in [0, 0.05) is 23.8 Å². The van der Waals surface area contributed by atoms with Gasteiger partial charge < -0.3 is 48.9 Å². The molecule has 43 heavy (non-hydrogen) atoms. The number of phenolic OH excluding ortho intramolecular Hbond substituents is 3. The van der Waals surface area contributed by atoms with Gasteiger partial charge in [-0.2, -0.15) is 0 Å². The van der Waals surface area contributed by atoms with Crippen LogP contribution in [0.3, 0.4) is 0 Å². The van der Waals surface area contributed by atoms with Crippen molar-refractivity contribution in [1.29, 1.82) is 0 Å². The lowest BCUT2D eigenvalue weighted by Crippen LogP contribution is -2.59. The van der Waals surface area contributed by atoms with E-state index >= 15 is 0 Å². The topological polar surface area (TPSA) is 185 Å². The molecular weight excluding hydrogens is 564 g/mol. The minimum Gasteiger partial charge on any atom is -0.508 e. The minimum absolute atomic E-state index is 0.0652. The van der Waals surface area contributed by atoms with E-state index in [0.717, 1.165) is 18.2 Å². The Hall–Kier alpha value is -5.04. The lowest BCUT2D eigenvalue weighted by Gasteiger charge is -2.40. The zero-order valence-electron chi connectivity index (χ0n) is 22.9. The van der Waals surface area contributed by atoms with Gasteiger partial charge in [-0.3, -0.25) is 4.79 Å². The quantitative estimate of drug-likeness (QED) is 0.156. The van der Waals surface area contributed by atoms with E-state index in [1.807, 2.05) is 0 Å².